The van der Waals surface area contributed by atoms with Gasteiger partial charge in [0.15, 0.2) is 16.1 Å². The Kier molecular flexibility index (Phi) is 9.57. The summed E-state index contributed by atoms with van der Waals surface area (Å²) < 4.78 is 34.5. The second-order valence-corrected chi connectivity index (χ2v) is 11.2. The summed E-state index contributed by atoms with van der Waals surface area (Å²) in [4.78, 5) is 25.5. The maximum Gasteiger partial charge on any atom is 0.310 e. The van der Waals surface area contributed by atoms with Gasteiger partial charge in [-0.25, -0.2) is 8.42 Å². The number of sulfone groups is 1. The molecule has 192 valence electrons. The highest BCUT2D eigenvalue weighted by atomic mass is 32.2. The van der Waals surface area contributed by atoms with Crippen molar-refractivity contribution >= 4 is 21.7 Å². The van der Waals surface area contributed by atoms with E-state index in [1.54, 1.807) is 37.3 Å². The number of amides is 1. The van der Waals surface area contributed by atoms with Crippen LogP contribution >= 0.6 is 0 Å². The van der Waals surface area contributed by atoms with Crippen LogP contribution in [0.3, 0.4) is 0 Å². The molecule has 34 heavy (non-hydrogen) atoms. The van der Waals surface area contributed by atoms with Crippen LogP contribution < -0.4 is 5.32 Å². The first-order valence-electron chi connectivity index (χ1n) is 10.9. The number of aliphatic hydroxyl groups is 4. The molecule has 1 aliphatic heterocycles. The maximum atomic E-state index is 13.3. The van der Waals surface area contributed by atoms with Gasteiger partial charge in [-0.3, -0.25) is 9.59 Å². The smallest absolute Gasteiger partial charge is 0.310 e. The fraction of sp³-hybridized carbons (Fsp3) is 0.636. The van der Waals surface area contributed by atoms with Crippen molar-refractivity contribution in [3.8, 4) is 0 Å². The molecule has 1 saturated heterocycles. The van der Waals surface area contributed by atoms with Gasteiger partial charge in [0.25, 0.3) is 0 Å². The number of esters is 1. The molecule has 1 heterocycles. The van der Waals surface area contributed by atoms with Gasteiger partial charge in [-0.2, -0.15) is 0 Å². The monoisotopic (exact) mass is 503 g/mol. The minimum Gasteiger partial charge on any atom is -0.466 e. The number of aliphatic hydroxyl groups excluding tert-OH is 4. The van der Waals surface area contributed by atoms with E-state index in [1.807, 2.05) is 0 Å². The third-order valence-corrected chi connectivity index (χ3v) is 8.47. The lowest BCUT2D eigenvalue weighted by Gasteiger charge is -2.41. The quantitative estimate of drug-likeness (QED) is 0.236. The third kappa shape index (κ3) is 6.32. The lowest BCUT2D eigenvalue weighted by Crippen LogP contribution is -2.66. The molecule has 11 nitrogen and oxygen atoms in total. The number of hydrogen-bond acceptors (Lipinski definition) is 10. The molecule has 0 radical (unpaired) electrons. The molecule has 1 aromatic carbocycles. The Hall–Kier alpha value is -2.09. The Morgan fingerprint density at radius 2 is 1.76 bits per heavy atom. The Bertz CT molecular complexity index is 936. The summed E-state index contributed by atoms with van der Waals surface area (Å²) in [6, 6.07) is 7.22. The zero-order valence-corrected chi connectivity index (χ0v) is 20.1. The molecule has 1 aliphatic rings. The fourth-order valence-electron chi connectivity index (χ4n) is 3.56. The average molecular weight is 504 g/mol. The summed E-state index contributed by atoms with van der Waals surface area (Å²) in [7, 11) is -4.28. The highest BCUT2D eigenvalue weighted by molar-refractivity contribution is 7.93. The Balaban J connectivity index is 2.21. The molecular formula is C22H33NO10S. The van der Waals surface area contributed by atoms with Crippen molar-refractivity contribution in [1.29, 1.82) is 0 Å². The predicted octanol–water partition coefficient (Wildman–Crippen LogP) is -1.48. The zero-order chi connectivity index (χ0) is 25.7. The van der Waals surface area contributed by atoms with Gasteiger partial charge in [0.1, 0.15) is 29.1 Å². The molecule has 0 bridgehead atoms. The summed E-state index contributed by atoms with van der Waals surface area (Å²) >= 11 is 0. The molecule has 0 aromatic heterocycles. The number of hydrogen-bond donors (Lipinski definition) is 5. The molecule has 6 atom stereocenters. The minimum absolute atomic E-state index is 0.0582. The number of carbonyl (C=O) groups excluding carboxylic acids is 2. The molecule has 2 unspecified atom stereocenters. The first-order valence-corrected chi connectivity index (χ1v) is 12.5. The van der Waals surface area contributed by atoms with Crippen molar-refractivity contribution in [3.05, 3.63) is 35.9 Å². The van der Waals surface area contributed by atoms with Gasteiger partial charge in [-0.15, -0.1) is 0 Å². The van der Waals surface area contributed by atoms with Crippen molar-refractivity contribution < 1.29 is 47.9 Å². The van der Waals surface area contributed by atoms with E-state index >= 15 is 0 Å². The number of nitrogens with one attached hydrogen (secondary N) is 1. The lowest BCUT2D eigenvalue weighted by molar-refractivity contribution is -0.254. The van der Waals surface area contributed by atoms with Crippen LogP contribution in [0, 0.1) is 5.92 Å². The summed E-state index contributed by atoms with van der Waals surface area (Å²) in [5.74, 6) is -3.53. The van der Waals surface area contributed by atoms with Gasteiger partial charge in [-0.05, 0) is 32.8 Å². The number of ether oxygens (including phenoxy) is 2. The minimum atomic E-state index is -4.28. The van der Waals surface area contributed by atoms with Crippen molar-refractivity contribution in [3.63, 3.8) is 0 Å². The summed E-state index contributed by atoms with van der Waals surface area (Å²) in [6.45, 7) is 3.24. The standard InChI is InChI=1S/C22H33NO10S/c1-4-32-19(27)14(10-13-8-6-5-7-9-13)12-34(30,31)22(2,3)21(29)23-16-18(26)17(25)15(11-24)33-20(16)28/h5-9,14-18,20,24-26,28H,4,10-12H2,1-3H3,(H,23,29)/t14?,15-,16-,17-,18-,20?/m1/s1. The molecule has 12 heteroatoms. The van der Waals surface area contributed by atoms with E-state index < -0.39 is 75.4 Å². The molecule has 1 aromatic rings. The van der Waals surface area contributed by atoms with Crippen LogP contribution in [-0.4, -0.2) is 95.1 Å². The van der Waals surface area contributed by atoms with Crippen LogP contribution in [0.2, 0.25) is 0 Å². The van der Waals surface area contributed by atoms with Gasteiger partial charge in [0.2, 0.25) is 5.91 Å². The molecule has 1 fully saturated rings. The SMILES string of the molecule is CCOC(=O)C(Cc1ccccc1)CS(=O)(=O)C(C)(C)C(=O)N[C@H]1C(O)O[C@H](CO)[C@@H](O)[C@@H]1O. The van der Waals surface area contributed by atoms with Crippen LogP contribution in [0.5, 0.6) is 0 Å². The van der Waals surface area contributed by atoms with Gasteiger partial charge >= 0.3 is 5.97 Å². The highest BCUT2D eigenvalue weighted by Gasteiger charge is 2.49. The van der Waals surface area contributed by atoms with E-state index in [2.05, 4.69) is 5.32 Å². The number of rotatable bonds is 10. The molecule has 1 amide bonds. The molecule has 5 N–H and O–H groups in total. The zero-order valence-electron chi connectivity index (χ0n) is 19.3. The van der Waals surface area contributed by atoms with Crippen LogP contribution in [0.25, 0.3) is 0 Å². The van der Waals surface area contributed by atoms with E-state index in [0.717, 1.165) is 19.4 Å². The number of benzene rings is 1. The molecular weight excluding hydrogens is 470 g/mol. The van der Waals surface area contributed by atoms with Crippen LogP contribution in [-0.2, 0) is 35.3 Å². The van der Waals surface area contributed by atoms with Gasteiger partial charge in [0.05, 0.1) is 24.9 Å². The first kappa shape index (κ1) is 28.1. The summed E-state index contributed by atoms with van der Waals surface area (Å²) in [5.41, 5.74) is 0.719. The Labute approximate surface area is 198 Å². The highest BCUT2D eigenvalue weighted by Crippen LogP contribution is 2.25. The van der Waals surface area contributed by atoms with Gasteiger partial charge in [-0.1, -0.05) is 30.3 Å². The third-order valence-electron chi connectivity index (χ3n) is 5.89. The average Bonchev–Trinajstić information content (AvgIpc) is 2.79. The van der Waals surface area contributed by atoms with Crippen LogP contribution in [0.1, 0.15) is 26.3 Å². The number of carbonyl (C=O) groups is 2. The van der Waals surface area contributed by atoms with E-state index in [-0.39, 0.29) is 13.0 Å². The van der Waals surface area contributed by atoms with Crippen molar-refractivity contribution in [2.45, 2.75) is 62.6 Å². The Morgan fingerprint density at radius 3 is 2.32 bits per heavy atom. The largest absolute Gasteiger partial charge is 0.466 e. The second kappa shape index (κ2) is 11.6. The Morgan fingerprint density at radius 1 is 1.15 bits per heavy atom. The van der Waals surface area contributed by atoms with E-state index in [0.29, 0.717) is 0 Å². The fourth-order valence-corrected chi connectivity index (χ4v) is 5.10. The molecule has 0 spiro atoms. The van der Waals surface area contributed by atoms with Crippen LogP contribution in [0.15, 0.2) is 30.3 Å². The van der Waals surface area contributed by atoms with Gasteiger partial charge < -0.3 is 35.2 Å². The summed E-state index contributed by atoms with van der Waals surface area (Å²) in [5, 5.41) is 41.7. The van der Waals surface area contributed by atoms with Gasteiger partial charge in [0, 0.05) is 0 Å². The van der Waals surface area contributed by atoms with E-state index in [1.165, 1.54) is 0 Å². The topological polar surface area (TPSA) is 180 Å². The van der Waals surface area contributed by atoms with Crippen molar-refractivity contribution in [2.24, 2.45) is 5.92 Å². The molecule has 2 rings (SSSR count). The maximum absolute atomic E-state index is 13.3. The lowest BCUT2D eigenvalue weighted by atomic mass is 9.96. The van der Waals surface area contributed by atoms with E-state index in [9.17, 15) is 33.3 Å². The van der Waals surface area contributed by atoms with Crippen molar-refractivity contribution in [2.75, 3.05) is 19.0 Å². The molecule has 0 saturated carbocycles. The molecule has 0 aliphatic carbocycles. The van der Waals surface area contributed by atoms with Crippen LogP contribution in [0.4, 0.5) is 0 Å². The first-order chi connectivity index (χ1) is 15.9. The predicted molar refractivity (Wildman–Crippen MR) is 120 cm³/mol. The second-order valence-electron chi connectivity index (χ2n) is 8.66. The van der Waals surface area contributed by atoms with Crippen molar-refractivity contribution in [1.82, 2.24) is 5.32 Å². The van der Waals surface area contributed by atoms with E-state index in [4.69, 9.17) is 14.6 Å². The summed E-state index contributed by atoms with van der Waals surface area (Å²) in [6.07, 6.45) is -6.35. The normalized spacial score (nSPS) is 26.5.